The zero-order valence-electron chi connectivity index (χ0n) is 10.8. The van der Waals surface area contributed by atoms with Gasteiger partial charge in [0, 0.05) is 11.3 Å². The Hall–Kier alpha value is -2.00. The van der Waals surface area contributed by atoms with E-state index in [1.165, 1.54) is 0 Å². The summed E-state index contributed by atoms with van der Waals surface area (Å²) in [6.45, 7) is 3.91. The van der Waals surface area contributed by atoms with Crippen LogP contribution in [0.25, 0.3) is 0 Å². The molecule has 0 aromatic heterocycles. The fourth-order valence-corrected chi connectivity index (χ4v) is 1.93. The number of nitrogens with two attached hydrogens (primary N) is 1. The lowest BCUT2D eigenvalue weighted by Gasteiger charge is -2.10. The molecule has 2 aromatic rings. The number of amides is 1. The van der Waals surface area contributed by atoms with Crippen LogP contribution in [0.5, 0.6) is 0 Å². The highest BCUT2D eigenvalue weighted by Crippen LogP contribution is 2.23. The number of carbonyl (C=O) groups is 1. The van der Waals surface area contributed by atoms with Crippen molar-refractivity contribution < 1.29 is 4.79 Å². The van der Waals surface area contributed by atoms with Gasteiger partial charge in [-0.25, -0.2) is 0 Å². The van der Waals surface area contributed by atoms with E-state index in [0.717, 1.165) is 11.1 Å². The Labute approximate surface area is 117 Å². The van der Waals surface area contributed by atoms with Gasteiger partial charge in [0.2, 0.25) is 0 Å². The quantitative estimate of drug-likeness (QED) is 0.819. The fourth-order valence-electron chi connectivity index (χ4n) is 1.82. The second kappa shape index (κ2) is 5.33. The van der Waals surface area contributed by atoms with Gasteiger partial charge in [-0.05, 0) is 49.2 Å². The number of rotatable bonds is 2. The van der Waals surface area contributed by atoms with E-state index in [2.05, 4.69) is 5.32 Å². The van der Waals surface area contributed by atoms with Crippen LogP contribution in [0.3, 0.4) is 0 Å². The maximum absolute atomic E-state index is 12.2. The van der Waals surface area contributed by atoms with Crippen molar-refractivity contribution in [2.24, 2.45) is 0 Å². The van der Waals surface area contributed by atoms with Crippen molar-refractivity contribution in [2.45, 2.75) is 13.8 Å². The molecule has 0 spiro atoms. The van der Waals surface area contributed by atoms with Crippen LogP contribution in [-0.2, 0) is 0 Å². The van der Waals surface area contributed by atoms with Crippen molar-refractivity contribution in [1.29, 1.82) is 0 Å². The summed E-state index contributed by atoms with van der Waals surface area (Å²) in [6, 6.07) is 10.7. The largest absolute Gasteiger partial charge is 0.397 e. The lowest BCUT2D eigenvalue weighted by Crippen LogP contribution is -2.14. The van der Waals surface area contributed by atoms with Crippen molar-refractivity contribution in [3.63, 3.8) is 0 Å². The Morgan fingerprint density at radius 3 is 2.63 bits per heavy atom. The van der Waals surface area contributed by atoms with Gasteiger partial charge in [-0.1, -0.05) is 23.7 Å². The third-order valence-corrected chi connectivity index (χ3v) is 3.45. The van der Waals surface area contributed by atoms with Crippen molar-refractivity contribution in [3.8, 4) is 0 Å². The molecular formula is C15H15ClN2O. The van der Waals surface area contributed by atoms with Crippen LogP contribution in [-0.4, -0.2) is 5.91 Å². The number of aryl methyl sites for hydroxylation is 1. The molecule has 3 nitrogen and oxygen atoms in total. The molecule has 0 aliphatic heterocycles. The second-order valence-electron chi connectivity index (χ2n) is 4.44. The first-order chi connectivity index (χ1) is 8.99. The van der Waals surface area contributed by atoms with Gasteiger partial charge >= 0.3 is 0 Å². The fraction of sp³-hybridized carbons (Fsp3) is 0.133. The first kappa shape index (κ1) is 13.4. The molecule has 2 rings (SSSR count). The summed E-state index contributed by atoms with van der Waals surface area (Å²) in [7, 11) is 0. The standard InChI is InChI=1S/C15H15ClN2O/c1-9-4-3-5-12(10(9)2)15(19)18-11-6-7-13(16)14(17)8-11/h3-8H,17H2,1-2H3,(H,18,19). The Bertz CT molecular complexity index is 638. The molecule has 0 atom stereocenters. The SMILES string of the molecule is Cc1cccc(C(=O)Nc2ccc(Cl)c(N)c2)c1C. The third kappa shape index (κ3) is 2.88. The molecule has 1 amide bonds. The molecule has 0 saturated carbocycles. The smallest absolute Gasteiger partial charge is 0.255 e. The molecular weight excluding hydrogens is 260 g/mol. The van der Waals surface area contributed by atoms with E-state index < -0.39 is 0 Å². The van der Waals surface area contributed by atoms with E-state index in [0.29, 0.717) is 22.0 Å². The summed E-state index contributed by atoms with van der Waals surface area (Å²) in [4.78, 5) is 12.2. The average Bonchev–Trinajstić information content (AvgIpc) is 2.37. The van der Waals surface area contributed by atoms with Crippen LogP contribution in [0.15, 0.2) is 36.4 Å². The van der Waals surface area contributed by atoms with Crippen molar-refractivity contribution >= 4 is 28.9 Å². The van der Waals surface area contributed by atoms with E-state index in [9.17, 15) is 4.79 Å². The predicted molar refractivity (Wildman–Crippen MR) is 79.7 cm³/mol. The molecule has 0 aliphatic carbocycles. The lowest BCUT2D eigenvalue weighted by molar-refractivity contribution is 0.102. The number of nitrogen functional groups attached to an aromatic ring is 1. The van der Waals surface area contributed by atoms with Crippen LogP contribution < -0.4 is 11.1 Å². The van der Waals surface area contributed by atoms with Gasteiger partial charge in [0.25, 0.3) is 5.91 Å². The topological polar surface area (TPSA) is 55.1 Å². The normalized spacial score (nSPS) is 10.3. The number of anilines is 2. The summed E-state index contributed by atoms with van der Waals surface area (Å²) in [5, 5.41) is 3.29. The van der Waals surface area contributed by atoms with Crippen LogP contribution in [0.1, 0.15) is 21.5 Å². The molecule has 0 radical (unpaired) electrons. The van der Waals surface area contributed by atoms with Crippen LogP contribution >= 0.6 is 11.6 Å². The van der Waals surface area contributed by atoms with E-state index in [1.54, 1.807) is 24.3 Å². The van der Waals surface area contributed by atoms with Crippen molar-refractivity contribution in [2.75, 3.05) is 11.1 Å². The number of hydrogen-bond acceptors (Lipinski definition) is 2. The average molecular weight is 275 g/mol. The lowest BCUT2D eigenvalue weighted by atomic mass is 10.0. The van der Waals surface area contributed by atoms with Gasteiger partial charge in [-0.15, -0.1) is 0 Å². The highest BCUT2D eigenvalue weighted by atomic mass is 35.5. The number of nitrogens with one attached hydrogen (secondary N) is 1. The first-order valence-electron chi connectivity index (χ1n) is 5.91. The minimum absolute atomic E-state index is 0.150. The van der Waals surface area contributed by atoms with Gasteiger partial charge in [-0.2, -0.15) is 0 Å². The highest BCUT2D eigenvalue weighted by molar-refractivity contribution is 6.33. The molecule has 19 heavy (non-hydrogen) atoms. The Kier molecular flexibility index (Phi) is 3.76. The molecule has 2 aromatic carbocycles. The number of carbonyl (C=O) groups excluding carboxylic acids is 1. The molecule has 0 bridgehead atoms. The summed E-state index contributed by atoms with van der Waals surface area (Å²) >= 11 is 5.84. The molecule has 0 aliphatic rings. The summed E-state index contributed by atoms with van der Waals surface area (Å²) in [5.74, 6) is -0.150. The molecule has 0 saturated heterocycles. The monoisotopic (exact) mass is 274 g/mol. The van der Waals surface area contributed by atoms with Crippen molar-refractivity contribution in [3.05, 3.63) is 58.1 Å². The van der Waals surface area contributed by atoms with Gasteiger partial charge < -0.3 is 11.1 Å². The Morgan fingerprint density at radius 2 is 1.95 bits per heavy atom. The zero-order chi connectivity index (χ0) is 14.0. The van der Waals surface area contributed by atoms with Gasteiger partial charge in [0.1, 0.15) is 0 Å². The molecule has 0 unspecified atom stereocenters. The molecule has 3 N–H and O–H groups in total. The predicted octanol–water partition coefficient (Wildman–Crippen LogP) is 3.79. The Morgan fingerprint density at radius 1 is 1.21 bits per heavy atom. The minimum Gasteiger partial charge on any atom is -0.397 e. The number of hydrogen-bond donors (Lipinski definition) is 2. The van der Waals surface area contributed by atoms with Gasteiger partial charge in [-0.3, -0.25) is 4.79 Å². The summed E-state index contributed by atoms with van der Waals surface area (Å²) in [6.07, 6.45) is 0. The minimum atomic E-state index is -0.150. The Balaban J connectivity index is 2.26. The molecule has 0 fully saturated rings. The molecule has 98 valence electrons. The second-order valence-corrected chi connectivity index (χ2v) is 4.85. The zero-order valence-corrected chi connectivity index (χ0v) is 11.6. The van der Waals surface area contributed by atoms with Gasteiger partial charge in [0.05, 0.1) is 10.7 Å². The number of benzene rings is 2. The van der Waals surface area contributed by atoms with E-state index in [1.807, 2.05) is 26.0 Å². The van der Waals surface area contributed by atoms with E-state index in [4.69, 9.17) is 17.3 Å². The van der Waals surface area contributed by atoms with Crippen LogP contribution in [0.4, 0.5) is 11.4 Å². The van der Waals surface area contributed by atoms with Crippen LogP contribution in [0, 0.1) is 13.8 Å². The summed E-state index contributed by atoms with van der Waals surface area (Å²) < 4.78 is 0. The van der Waals surface area contributed by atoms with Gasteiger partial charge in [0.15, 0.2) is 0 Å². The maximum Gasteiger partial charge on any atom is 0.255 e. The molecule has 4 heteroatoms. The highest BCUT2D eigenvalue weighted by Gasteiger charge is 2.10. The van der Waals surface area contributed by atoms with Crippen LogP contribution in [0.2, 0.25) is 5.02 Å². The van der Waals surface area contributed by atoms with Crippen molar-refractivity contribution in [1.82, 2.24) is 0 Å². The van der Waals surface area contributed by atoms with E-state index >= 15 is 0 Å². The van der Waals surface area contributed by atoms with E-state index in [-0.39, 0.29) is 5.91 Å². The first-order valence-corrected chi connectivity index (χ1v) is 6.29. The third-order valence-electron chi connectivity index (χ3n) is 3.10. The summed E-state index contributed by atoms with van der Waals surface area (Å²) in [5.41, 5.74) is 9.50. The number of halogens is 1. The molecule has 0 heterocycles. The maximum atomic E-state index is 12.2.